The quantitative estimate of drug-likeness (QED) is 0.706. The van der Waals surface area contributed by atoms with Crippen molar-refractivity contribution < 1.29 is 9.53 Å². The van der Waals surface area contributed by atoms with Gasteiger partial charge in [0.05, 0.1) is 6.61 Å². The van der Waals surface area contributed by atoms with E-state index in [1.54, 1.807) is 7.11 Å². The molecule has 3 unspecified atom stereocenters. The summed E-state index contributed by atoms with van der Waals surface area (Å²) in [5.74, 6) is 0.547. The Kier molecular flexibility index (Phi) is 5.05. The first-order valence-corrected chi connectivity index (χ1v) is 5.74. The fraction of sp³-hybridized carbons (Fsp3) is 0.909. The Morgan fingerprint density at radius 2 is 2.33 bits per heavy atom. The molecule has 15 heavy (non-hydrogen) atoms. The van der Waals surface area contributed by atoms with Crippen molar-refractivity contribution in [1.82, 2.24) is 5.32 Å². The number of ether oxygens (including phenoxy) is 1. The molecule has 1 aliphatic carbocycles. The predicted octanol–water partition coefficient (Wildman–Crippen LogP) is 0.655. The lowest BCUT2D eigenvalue weighted by molar-refractivity contribution is -0.124. The van der Waals surface area contributed by atoms with Gasteiger partial charge in [-0.3, -0.25) is 4.79 Å². The number of hydrogen-bond acceptors (Lipinski definition) is 3. The van der Waals surface area contributed by atoms with E-state index < -0.39 is 6.04 Å². The molecule has 3 N–H and O–H groups in total. The SMILES string of the molecule is CCC1CCCC1NC(=O)C(N)COC. The smallest absolute Gasteiger partial charge is 0.239 e. The minimum Gasteiger partial charge on any atom is -0.383 e. The average molecular weight is 214 g/mol. The van der Waals surface area contributed by atoms with Gasteiger partial charge in [0.25, 0.3) is 0 Å². The summed E-state index contributed by atoms with van der Waals surface area (Å²) in [6.07, 6.45) is 4.65. The van der Waals surface area contributed by atoms with Gasteiger partial charge >= 0.3 is 0 Å². The van der Waals surface area contributed by atoms with E-state index in [0.717, 1.165) is 12.8 Å². The zero-order valence-corrected chi connectivity index (χ0v) is 9.66. The molecule has 4 heteroatoms. The second-order valence-corrected chi connectivity index (χ2v) is 4.28. The lowest BCUT2D eigenvalue weighted by Crippen LogP contribution is -2.48. The third kappa shape index (κ3) is 3.47. The van der Waals surface area contributed by atoms with Crippen LogP contribution in [0.3, 0.4) is 0 Å². The summed E-state index contributed by atoms with van der Waals surface area (Å²) in [5, 5.41) is 3.02. The minimum atomic E-state index is -0.534. The first-order chi connectivity index (χ1) is 7.19. The second-order valence-electron chi connectivity index (χ2n) is 4.28. The Morgan fingerprint density at radius 3 is 2.93 bits per heavy atom. The van der Waals surface area contributed by atoms with Crippen LogP contribution in [-0.2, 0) is 9.53 Å². The maximum absolute atomic E-state index is 11.6. The van der Waals surface area contributed by atoms with Gasteiger partial charge < -0.3 is 15.8 Å². The normalized spacial score (nSPS) is 27.7. The first-order valence-electron chi connectivity index (χ1n) is 5.74. The van der Waals surface area contributed by atoms with Gasteiger partial charge in [-0.2, -0.15) is 0 Å². The van der Waals surface area contributed by atoms with E-state index in [9.17, 15) is 4.79 Å². The fourth-order valence-corrected chi connectivity index (χ4v) is 2.26. The van der Waals surface area contributed by atoms with Crippen molar-refractivity contribution in [2.45, 2.75) is 44.7 Å². The number of methoxy groups -OCH3 is 1. The molecule has 1 rings (SSSR count). The minimum absolute atomic E-state index is 0.0813. The van der Waals surface area contributed by atoms with Crippen molar-refractivity contribution in [2.75, 3.05) is 13.7 Å². The Balaban J connectivity index is 2.36. The molecule has 0 aliphatic heterocycles. The lowest BCUT2D eigenvalue weighted by atomic mass is 10.0. The zero-order valence-electron chi connectivity index (χ0n) is 9.66. The summed E-state index contributed by atoms with van der Waals surface area (Å²) in [6.45, 7) is 2.46. The third-order valence-corrected chi connectivity index (χ3v) is 3.19. The number of carbonyl (C=O) groups is 1. The molecule has 0 aromatic heterocycles. The molecule has 0 radical (unpaired) electrons. The Morgan fingerprint density at radius 1 is 1.60 bits per heavy atom. The number of amides is 1. The van der Waals surface area contributed by atoms with Crippen LogP contribution < -0.4 is 11.1 Å². The molecule has 3 atom stereocenters. The fourth-order valence-electron chi connectivity index (χ4n) is 2.26. The van der Waals surface area contributed by atoms with Crippen molar-refractivity contribution >= 4 is 5.91 Å². The molecule has 88 valence electrons. The number of rotatable bonds is 5. The van der Waals surface area contributed by atoms with Crippen LogP contribution in [0.4, 0.5) is 0 Å². The number of carbonyl (C=O) groups excluding carboxylic acids is 1. The maximum Gasteiger partial charge on any atom is 0.239 e. The summed E-state index contributed by atoms with van der Waals surface area (Å²) in [5.41, 5.74) is 5.66. The molecular formula is C11H22N2O2. The molecule has 0 aromatic carbocycles. The highest BCUT2D eigenvalue weighted by Crippen LogP contribution is 2.27. The molecule has 0 bridgehead atoms. The van der Waals surface area contributed by atoms with Crippen LogP contribution in [0, 0.1) is 5.92 Å². The monoisotopic (exact) mass is 214 g/mol. The molecule has 0 aromatic rings. The summed E-state index contributed by atoms with van der Waals surface area (Å²) >= 11 is 0. The highest BCUT2D eigenvalue weighted by Gasteiger charge is 2.28. The lowest BCUT2D eigenvalue weighted by Gasteiger charge is -2.21. The van der Waals surface area contributed by atoms with Gasteiger partial charge in [-0.1, -0.05) is 19.8 Å². The van der Waals surface area contributed by atoms with E-state index in [4.69, 9.17) is 10.5 Å². The summed E-state index contributed by atoms with van der Waals surface area (Å²) in [4.78, 5) is 11.6. The van der Waals surface area contributed by atoms with Crippen molar-refractivity contribution in [1.29, 1.82) is 0 Å². The third-order valence-electron chi connectivity index (χ3n) is 3.19. The Hall–Kier alpha value is -0.610. The van der Waals surface area contributed by atoms with Crippen LogP contribution in [0.25, 0.3) is 0 Å². The van der Waals surface area contributed by atoms with Crippen LogP contribution in [-0.4, -0.2) is 31.7 Å². The van der Waals surface area contributed by atoms with Crippen LogP contribution in [0.15, 0.2) is 0 Å². The van der Waals surface area contributed by atoms with Gasteiger partial charge in [0.1, 0.15) is 6.04 Å². The largest absolute Gasteiger partial charge is 0.383 e. The summed E-state index contributed by atoms with van der Waals surface area (Å²) in [6, 6.07) is -0.210. The van der Waals surface area contributed by atoms with Crippen LogP contribution in [0.5, 0.6) is 0 Å². The van der Waals surface area contributed by atoms with E-state index in [0.29, 0.717) is 12.0 Å². The van der Waals surface area contributed by atoms with Crippen LogP contribution >= 0.6 is 0 Å². The molecular weight excluding hydrogens is 192 g/mol. The van der Waals surface area contributed by atoms with Gasteiger partial charge in [-0.25, -0.2) is 0 Å². The molecule has 0 heterocycles. The first kappa shape index (κ1) is 12.5. The van der Waals surface area contributed by atoms with Crippen molar-refractivity contribution in [3.8, 4) is 0 Å². The van der Waals surface area contributed by atoms with Gasteiger partial charge in [0.15, 0.2) is 0 Å². The Labute approximate surface area is 91.5 Å². The van der Waals surface area contributed by atoms with E-state index in [1.165, 1.54) is 12.8 Å². The summed E-state index contributed by atoms with van der Waals surface area (Å²) < 4.78 is 4.86. The Bertz CT molecular complexity index is 209. The average Bonchev–Trinajstić information content (AvgIpc) is 2.65. The van der Waals surface area contributed by atoms with Gasteiger partial charge in [-0.05, 0) is 18.8 Å². The predicted molar refractivity (Wildman–Crippen MR) is 59.4 cm³/mol. The number of nitrogens with one attached hydrogen (secondary N) is 1. The number of hydrogen-bond donors (Lipinski definition) is 2. The van der Waals surface area contributed by atoms with Gasteiger partial charge in [0.2, 0.25) is 5.91 Å². The van der Waals surface area contributed by atoms with E-state index in [1.807, 2.05) is 0 Å². The van der Waals surface area contributed by atoms with Crippen LogP contribution in [0.2, 0.25) is 0 Å². The highest BCUT2D eigenvalue weighted by atomic mass is 16.5. The highest BCUT2D eigenvalue weighted by molar-refractivity contribution is 5.81. The molecule has 0 spiro atoms. The van der Waals surface area contributed by atoms with Crippen molar-refractivity contribution in [3.63, 3.8) is 0 Å². The topological polar surface area (TPSA) is 64.4 Å². The van der Waals surface area contributed by atoms with Crippen molar-refractivity contribution in [2.24, 2.45) is 11.7 Å². The molecule has 1 aliphatic rings. The van der Waals surface area contributed by atoms with E-state index >= 15 is 0 Å². The molecule has 1 amide bonds. The van der Waals surface area contributed by atoms with Crippen LogP contribution in [0.1, 0.15) is 32.6 Å². The van der Waals surface area contributed by atoms with Gasteiger partial charge in [-0.15, -0.1) is 0 Å². The number of nitrogens with two attached hydrogens (primary N) is 1. The summed E-state index contributed by atoms with van der Waals surface area (Å²) in [7, 11) is 1.55. The molecule has 0 saturated heterocycles. The van der Waals surface area contributed by atoms with Crippen molar-refractivity contribution in [3.05, 3.63) is 0 Å². The van der Waals surface area contributed by atoms with E-state index in [2.05, 4.69) is 12.2 Å². The standard InChI is InChI=1S/C11H22N2O2/c1-3-8-5-4-6-10(8)13-11(14)9(12)7-15-2/h8-10H,3-7,12H2,1-2H3,(H,13,14). The van der Waals surface area contributed by atoms with E-state index in [-0.39, 0.29) is 12.5 Å². The molecule has 1 saturated carbocycles. The second kappa shape index (κ2) is 6.08. The molecule has 4 nitrogen and oxygen atoms in total. The zero-order chi connectivity index (χ0) is 11.3. The molecule has 1 fully saturated rings. The maximum atomic E-state index is 11.6. The van der Waals surface area contributed by atoms with Gasteiger partial charge in [0, 0.05) is 13.2 Å².